The molecule has 0 aliphatic carbocycles. The van der Waals surface area contributed by atoms with Crippen LogP contribution in [0.2, 0.25) is 0 Å². The molecule has 0 saturated heterocycles. The highest BCUT2D eigenvalue weighted by molar-refractivity contribution is 7.09. The number of amides is 2. The number of carboxylic acid groups (broad SMARTS) is 1. The van der Waals surface area contributed by atoms with Gasteiger partial charge in [-0.15, -0.1) is 11.3 Å². The summed E-state index contributed by atoms with van der Waals surface area (Å²) in [7, 11) is 0. The van der Waals surface area contributed by atoms with Gasteiger partial charge in [-0.3, -0.25) is 4.79 Å². The van der Waals surface area contributed by atoms with Gasteiger partial charge < -0.3 is 20.7 Å². The number of hydrogen-bond acceptors (Lipinski definition) is 5. The van der Waals surface area contributed by atoms with Crippen LogP contribution in [0.5, 0.6) is 0 Å². The predicted octanol–water partition coefficient (Wildman–Crippen LogP) is 1.76. The van der Waals surface area contributed by atoms with Gasteiger partial charge in [-0.2, -0.15) is 0 Å². The topological polar surface area (TPSA) is 120 Å². The van der Waals surface area contributed by atoms with Crippen LogP contribution in [-0.2, 0) is 13.0 Å². The molecule has 0 saturated carbocycles. The Bertz CT molecular complexity index is 840. The van der Waals surface area contributed by atoms with Crippen molar-refractivity contribution in [1.29, 1.82) is 0 Å². The van der Waals surface area contributed by atoms with Gasteiger partial charge in [0.25, 0.3) is 5.91 Å². The molecule has 0 bridgehead atoms. The van der Waals surface area contributed by atoms with Crippen molar-refractivity contribution in [3.63, 3.8) is 0 Å². The average Bonchev–Trinajstić information content (AvgIpc) is 3.18. The summed E-state index contributed by atoms with van der Waals surface area (Å²) >= 11 is 1.33. The van der Waals surface area contributed by atoms with Crippen LogP contribution in [0.3, 0.4) is 0 Å². The van der Waals surface area contributed by atoms with E-state index in [1.54, 1.807) is 5.38 Å². The smallest absolute Gasteiger partial charge is 0.404 e. The molecule has 0 unspecified atom stereocenters. The molecule has 2 amide bonds. The second-order valence-electron chi connectivity index (χ2n) is 4.99. The summed E-state index contributed by atoms with van der Waals surface area (Å²) in [6, 6.07) is 7.64. The van der Waals surface area contributed by atoms with Crippen LogP contribution in [0, 0.1) is 0 Å². The maximum atomic E-state index is 12.1. The van der Waals surface area contributed by atoms with E-state index in [1.807, 2.05) is 24.3 Å². The molecule has 124 valence electrons. The maximum absolute atomic E-state index is 12.1. The molecule has 0 fully saturated rings. The Morgan fingerprint density at radius 1 is 1.21 bits per heavy atom. The Morgan fingerprint density at radius 2 is 2.04 bits per heavy atom. The van der Waals surface area contributed by atoms with Gasteiger partial charge >= 0.3 is 6.09 Å². The number of para-hydroxylation sites is 2. The predicted molar refractivity (Wildman–Crippen MR) is 89.1 cm³/mol. The minimum absolute atomic E-state index is 0.267. The highest BCUT2D eigenvalue weighted by Crippen LogP contribution is 2.12. The lowest BCUT2D eigenvalue weighted by atomic mass is 10.3. The molecule has 3 rings (SSSR count). The molecular weight excluding hydrogens is 330 g/mol. The van der Waals surface area contributed by atoms with Crippen molar-refractivity contribution in [1.82, 2.24) is 25.6 Å². The number of thiazole rings is 1. The molecule has 3 aromatic rings. The molecule has 1 aromatic carbocycles. The third-order valence-corrected chi connectivity index (χ3v) is 4.16. The van der Waals surface area contributed by atoms with E-state index in [4.69, 9.17) is 5.11 Å². The van der Waals surface area contributed by atoms with E-state index in [1.165, 1.54) is 11.3 Å². The second kappa shape index (κ2) is 7.09. The van der Waals surface area contributed by atoms with Gasteiger partial charge in [0.05, 0.1) is 22.6 Å². The number of rotatable bonds is 6. The zero-order valence-corrected chi connectivity index (χ0v) is 13.4. The third kappa shape index (κ3) is 3.87. The number of imidazole rings is 1. The Hall–Kier alpha value is -2.94. The molecule has 2 aromatic heterocycles. The molecule has 2 heterocycles. The van der Waals surface area contributed by atoms with Crippen molar-refractivity contribution >= 4 is 34.4 Å². The van der Waals surface area contributed by atoms with Crippen LogP contribution in [0.25, 0.3) is 11.0 Å². The Morgan fingerprint density at radius 3 is 2.83 bits per heavy atom. The SMILES string of the molecule is O=C(O)NCCc1nc(C(=O)NCc2nc3ccccc3[nH]2)cs1. The molecule has 4 N–H and O–H groups in total. The fourth-order valence-electron chi connectivity index (χ4n) is 2.15. The second-order valence-corrected chi connectivity index (χ2v) is 5.93. The van der Waals surface area contributed by atoms with E-state index in [9.17, 15) is 9.59 Å². The number of benzene rings is 1. The molecule has 0 aliphatic rings. The average molecular weight is 345 g/mol. The summed E-state index contributed by atoms with van der Waals surface area (Å²) < 4.78 is 0. The minimum atomic E-state index is -1.07. The minimum Gasteiger partial charge on any atom is -0.465 e. The number of nitrogens with one attached hydrogen (secondary N) is 3. The number of carbonyl (C=O) groups is 2. The summed E-state index contributed by atoms with van der Waals surface area (Å²) in [6.07, 6.45) is -0.622. The van der Waals surface area contributed by atoms with Gasteiger partial charge in [0.1, 0.15) is 11.5 Å². The summed E-state index contributed by atoms with van der Waals surface area (Å²) in [5, 5.41) is 15.9. The van der Waals surface area contributed by atoms with Crippen molar-refractivity contribution in [3.8, 4) is 0 Å². The molecular formula is C15H15N5O3S. The van der Waals surface area contributed by atoms with Gasteiger partial charge in [-0.25, -0.2) is 14.8 Å². The molecule has 0 radical (unpaired) electrons. The fourth-order valence-corrected chi connectivity index (χ4v) is 2.93. The first kappa shape index (κ1) is 15.9. The molecule has 24 heavy (non-hydrogen) atoms. The quantitative estimate of drug-likeness (QED) is 0.542. The van der Waals surface area contributed by atoms with Crippen molar-refractivity contribution in [2.24, 2.45) is 0 Å². The molecule has 8 nitrogen and oxygen atoms in total. The van der Waals surface area contributed by atoms with Gasteiger partial charge in [0.2, 0.25) is 0 Å². The zero-order chi connectivity index (χ0) is 16.9. The van der Waals surface area contributed by atoms with Crippen LogP contribution < -0.4 is 10.6 Å². The van der Waals surface area contributed by atoms with E-state index < -0.39 is 6.09 Å². The van der Waals surface area contributed by atoms with E-state index in [2.05, 4.69) is 25.6 Å². The number of aromatic nitrogens is 3. The standard InChI is InChI=1S/C15H15N5O3S/c21-14(11-8-24-13(20-11)5-6-16-15(22)23)17-7-12-18-9-3-1-2-4-10(9)19-12/h1-4,8,16H,5-7H2,(H,17,21)(H,18,19)(H,22,23). The molecule has 0 spiro atoms. The Labute approximate surface area is 141 Å². The van der Waals surface area contributed by atoms with Crippen LogP contribution in [-0.4, -0.2) is 38.6 Å². The highest BCUT2D eigenvalue weighted by atomic mass is 32.1. The van der Waals surface area contributed by atoms with Crippen molar-refractivity contribution < 1.29 is 14.7 Å². The van der Waals surface area contributed by atoms with Gasteiger partial charge in [-0.05, 0) is 12.1 Å². The van der Waals surface area contributed by atoms with Crippen LogP contribution >= 0.6 is 11.3 Å². The lowest BCUT2D eigenvalue weighted by molar-refractivity contribution is 0.0945. The third-order valence-electron chi connectivity index (χ3n) is 3.25. The van der Waals surface area contributed by atoms with Crippen LogP contribution in [0.15, 0.2) is 29.6 Å². The first-order chi connectivity index (χ1) is 11.6. The number of carbonyl (C=O) groups excluding carboxylic acids is 1. The molecule has 9 heteroatoms. The highest BCUT2D eigenvalue weighted by Gasteiger charge is 2.11. The van der Waals surface area contributed by atoms with Crippen molar-refractivity contribution in [2.75, 3.05) is 6.54 Å². The van der Waals surface area contributed by atoms with Crippen LogP contribution in [0.4, 0.5) is 4.79 Å². The lowest BCUT2D eigenvalue weighted by Crippen LogP contribution is -2.24. The normalized spacial score (nSPS) is 10.7. The monoisotopic (exact) mass is 345 g/mol. The molecule has 0 aliphatic heterocycles. The van der Waals surface area contributed by atoms with Crippen molar-refractivity contribution in [3.05, 3.63) is 46.2 Å². The maximum Gasteiger partial charge on any atom is 0.404 e. The van der Waals surface area contributed by atoms with E-state index in [0.717, 1.165) is 11.0 Å². The number of nitrogens with zero attached hydrogens (tertiary/aromatic N) is 2. The number of H-pyrrole nitrogens is 1. The van der Waals surface area contributed by atoms with Crippen LogP contribution in [0.1, 0.15) is 21.3 Å². The summed E-state index contributed by atoms with van der Waals surface area (Å²) in [5.74, 6) is 0.384. The number of hydrogen-bond donors (Lipinski definition) is 4. The first-order valence-electron chi connectivity index (χ1n) is 7.25. The summed E-state index contributed by atoms with van der Waals surface area (Å²) in [5.41, 5.74) is 2.09. The van der Waals surface area contributed by atoms with E-state index in [-0.39, 0.29) is 19.0 Å². The molecule has 0 atom stereocenters. The van der Waals surface area contributed by atoms with Gasteiger partial charge in [0, 0.05) is 18.3 Å². The lowest BCUT2D eigenvalue weighted by Gasteiger charge is -2.00. The fraction of sp³-hybridized carbons (Fsp3) is 0.200. The largest absolute Gasteiger partial charge is 0.465 e. The van der Waals surface area contributed by atoms with Crippen molar-refractivity contribution in [2.45, 2.75) is 13.0 Å². The number of fused-ring (bicyclic) bond motifs is 1. The van der Waals surface area contributed by atoms with E-state index >= 15 is 0 Å². The Balaban J connectivity index is 1.55. The zero-order valence-electron chi connectivity index (χ0n) is 12.6. The summed E-state index contributed by atoms with van der Waals surface area (Å²) in [6.45, 7) is 0.545. The van der Waals surface area contributed by atoms with Gasteiger partial charge in [0.15, 0.2) is 0 Å². The first-order valence-corrected chi connectivity index (χ1v) is 8.13. The van der Waals surface area contributed by atoms with E-state index in [0.29, 0.717) is 22.9 Å². The Kier molecular flexibility index (Phi) is 4.71. The number of aromatic amines is 1. The summed E-state index contributed by atoms with van der Waals surface area (Å²) in [4.78, 5) is 34.2. The van der Waals surface area contributed by atoms with Gasteiger partial charge in [-0.1, -0.05) is 12.1 Å².